The van der Waals surface area contributed by atoms with Gasteiger partial charge in [0, 0.05) is 11.4 Å². The van der Waals surface area contributed by atoms with Gasteiger partial charge in [-0.25, -0.2) is 17.6 Å². The van der Waals surface area contributed by atoms with E-state index < -0.39 is 55.8 Å². The molecule has 9 nitrogen and oxygen atoms in total. The number of hydrogen-bond acceptors (Lipinski definition) is 9. The molecule has 0 spiro atoms. The standard InChI is InChI=1S/C6H4BF4NO2.2C6H8BNO2/c8-2-1(7(13)14)3(9)5(11)6(12)4(2)10;8-6-3-1-5(2-4-6)7(9)10;8-6-3-1-2-5(4-6)7(9)10/h13-14H,12H2;2*1-4,9-10H,8H2. The molecule has 0 aliphatic rings. The minimum Gasteiger partial charge on any atom is -0.423 e. The number of nitrogen functional groups attached to an aromatic ring is 3. The van der Waals surface area contributed by atoms with E-state index in [2.05, 4.69) is 5.73 Å². The maximum Gasteiger partial charge on any atom is 0.494 e. The van der Waals surface area contributed by atoms with Crippen LogP contribution in [0.2, 0.25) is 0 Å². The zero-order valence-electron chi connectivity index (χ0n) is 17.3. The molecule has 180 valence electrons. The summed E-state index contributed by atoms with van der Waals surface area (Å²) in [5, 5.41) is 51.4. The van der Waals surface area contributed by atoms with Crippen molar-refractivity contribution >= 4 is 54.8 Å². The van der Waals surface area contributed by atoms with E-state index in [1.807, 2.05) is 0 Å². The zero-order valence-corrected chi connectivity index (χ0v) is 17.3. The number of nitrogens with two attached hydrogens (primary N) is 3. The Labute approximate surface area is 192 Å². The molecular weight excluding hydrogens is 463 g/mol. The van der Waals surface area contributed by atoms with Crippen molar-refractivity contribution in [1.82, 2.24) is 0 Å². The van der Waals surface area contributed by atoms with Gasteiger partial charge in [0.25, 0.3) is 0 Å². The van der Waals surface area contributed by atoms with Crippen molar-refractivity contribution in [2.24, 2.45) is 0 Å². The van der Waals surface area contributed by atoms with Gasteiger partial charge in [0.2, 0.25) is 0 Å². The zero-order chi connectivity index (χ0) is 26.2. The summed E-state index contributed by atoms with van der Waals surface area (Å²) in [6, 6.07) is 12.9. The predicted octanol–water partition coefficient (Wildman–Crippen LogP) is -2.60. The van der Waals surface area contributed by atoms with Gasteiger partial charge in [0.15, 0.2) is 23.3 Å². The molecule has 0 saturated heterocycles. The lowest BCUT2D eigenvalue weighted by Crippen LogP contribution is -2.37. The first-order valence-electron chi connectivity index (χ1n) is 9.18. The summed E-state index contributed by atoms with van der Waals surface area (Å²) in [4.78, 5) is 0. The molecule has 0 atom stereocenters. The van der Waals surface area contributed by atoms with E-state index in [1.165, 1.54) is 6.07 Å². The molecule has 0 aliphatic carbocycles. The molecule has 0 fully saturated rings. The quantitative estimate of drug-likeness (QED) is 0.0831. The van der Waals surface area contributed by atoms with Gasteiger partial charge >= 0.3 is 21.4 Å². The second-order valence-electron chi connectivity index (χ2n) is 6.54. The Hall–Kier alpha value is -3.27. The van der Waals surface area contributed by atoms with Gasteiger partial charge in [-0.3, -0.25) is 0 Å². The number of benzene rings is 3. The van der Waals surface area contributed by atoms with Gasteiger partial charge in [-0.2, -0.15) is 0 Å². The minimum absolute atomic E-state index is 0.417. The predicted molar refractivity (Wildman–Crippen MR) is 122 cm³/mol. The maximum atomic E-state index is 12.8. The third-order valence-corrected chi connectivity index (χ3v) is 4.03. The average molecular weight is 483 g/mol. The number of rotatable bonds is 3. The number of hydrogen-bond donors (Lipinski definition) is 9. The smallest absolute Gasteiger partial charge is 0.423 e. The Morgan fingerprint density at radius 2 is 1.00 bits per heavy atom. The van der Waals surface area contributed by atoms with Crippen LogP contribution in [0.1, 0.15) is 0 Å². The summed E-state index contributed by atoms with van der Waals surface area (Å²) < 4.78 is 50.9. The van der Waals surface area contributed by atoms with E-state index >= 15 is 0 Å². The lowest BCUT2D eigenvalue weighted by Gasteiger charge is -2.07. The molecule has 16 heteroatoms. The molecule has 3 rings (SSSR count). The summed E-state index contributed by atoms with van der Waals surface area (Å²) in [6.07, 6.45) is 0. The first-order valence-corrected chi connectivity index (χ1v) is 9.18. The van der Waals surface area contributed by atoms with Crippen molar-refractivity contribution in [2.75, 3.05) is 17.2 Å². The van der Waals surface area contributed by atoms with Crippen molar-refractivity contribution in [1.29, 1.82) is 0 Å². The summed E-state index contributed by atoms with van der Waals surface area (Å²) in [7, 11) is -5.48. The van der Waals surface area contributed by atoms with Crippen LogP contribution < -0.4 is 33.6 Å². The molecule has 12 N–H and O–H groups in total. The van der Waals surface area contributed by atoms with Crippen LogP contribution in [0.5, 0.6) is 0 Å². The Bertz CT molecular complexity index is 1070. The molecule has 0 unspecified atom stereocenters. The van der Waals surface area contributed by atoms with Crippen LogP contribution in [0.25, 0.3) is 0 Å². The summed E-state index contributed by atoms with van der Waals surface area (Å²) in [6.45, 7) is 0. The molecule has 3 aromatic rings. The van der Waals surface area contributed by atoms with E-state index in [0.29, 0.717) is 22.3 Å². The summed E-state index contributed by atoms with van der Waals surface area (Å²) >= 11 is 0. The second-order valence-corrected chi connectivity index (χ2v) is 6.54. The Morgan fingerprint density at radius 3 is 1.35 bits per heavy atom. The van der Waals surface area contributed by atoms with Crippen LogP contribution in [0.4, 0.5) is 34.6 Å². The minimum atomic E-state index is -2.65. The Morgan fingerprint density at radius 1 is 0.529 bits per heavy atom. The molecule has 0 radical (unpaired) electrons. The van der Waals surface area contributed by atoms with Crippen LogP contribution in [-0.2, 0) is 0 Å². The second kappa shape index (κ2) is 12.8. The average Bonchev–Trinajstić information content (AvgIpc) is 2.77. The number of anilines is 3. The monoisotopic (exact) mass is 483 g/mol. The summed E-state index contributed by atoms with van der Waals surface area (Å²) in [5.41, 5.74) is 14.6. The van der Waals surface area contributed by atoms with Gasteiger partial charge < -0.3 is 47.3 Å². The first kappa shape index (κ1) is 28.8. The third kappa shape index (κ3) is 7.95. The molecular formula is C18H20B3F4N3O6. The fourth-order valence-corrected chi connectivity index (χ4v) is 2.28. The highest BCUT2D eigenvalue weighted by Gasteiger charge is 2.30. The van der Waals surface area contributed by atoms with Crippen molar-refractivity contribution in [3.05, 3.63) is 71.8 Å². The number of halogens is 4. The van der Waals surface area contributed by atoms with E-state index in [1.54, 1.807) is 42.5 Å². The van der Waals surface area contributed by atoms with Gasteiger partial charge in [-0.15, -0.1) is 0 Å². The van der Waals surface area contributed by atoms with Crippen LogP contribution >= 0.6 is 0 Å². The van der Waals surface area contributed by atoms with Crippen LogP contribution in [-0.4, -0.2) is 51.5 Å². The Balaban J connectivity index is 0.000000261. The van der Waals surface area contributed by atoms with Crippen LogP contribution in [0, 0.1) is 23.3 Å². The van der Waals surface area contributed by atoms with Crippen molar-refractivity contribution in [3.63, 3.8) is 0 Å². The topological polar surface area (TPSA) is 199 Å². The van der Waals surface area contributed by atoms with Gasteiger partial charge in [0.1, 0.15) is 5.69 Å². The molecule has 34 heavy (non-hydrogen) atoms. The fourth-order valence-electron chi connectivity index (χ4n) is 2.28. The maximum absolute atomic E-state index is 12.8. The van der Waals surface area contributed by atoms with Gasteiger partial charge in [-0.1, -0.05) is 24.3 Å². The molecule has 0 amide bonds. The highest BCUT2D eigenvalue weighted by atomic mass is 19.2. The molecule has 0 heterocycles. The molecule has 0 aromatic heterocycles. The van der Waals surface area contributed by atoms with Gasteiger partial charge in [0.05, 0.1) is 5.46 Å². The van der Waals surface area contributed by atoms with Crippen molar-refractivity contribution in [3.8, 4) is 0 Å². The van der Waals surface area contributed by atoms with E-state index in [9.17, 15) is 17.6 Å². The highest BCUT2D eigenvalue weighted by molar-refractivity contribution is 6.59. The largest absolute Gasteiger partial charge is 0.494 e. The summed E-state index contributed by atoms with van der Waals surface area (Å²) in [5.74, 6) is -7.55. The van der Waals surface area contributed by atoms with Gasteiger partial charge in [-0.05, 0) is 35.2 Å². The molecule has 0 saturated carbocycles. The fraction of sp³-hybridized carbons (Fsp3) is 0. The van der Waals surface area contributed by atoms with E-state index in [0.717, 1.165) is 0 Å². The Kier molecular flexibility index (Phi) is 10.9. The van der Waals surface area contributed by atoms with Crippen LogP contribution in [0.15, 0.2) is 48.5 Å². The lowest BCUT2D eigenvalue weighted by atomic mass is 9.79. The third-order valence-electron chi connectivity index (χ3n) is 4.03. The highest BCUT2D eigenvalue weighted by Crippen LogP contribution is 2.19. The van der Waals surface area contributed by atoms with E-state index in [4.69, 9.17) is 41.6 Å². The molecule has 0 bridgehead atoms. The molecule has 0 aliphatic heterocycles. The van der Waals surface area contributed by atoms with Crippen LogP contribution in [0.3, 0.4) is 0 Å². The van der Waals surface area contributed by atoms with E-state index in [-0.39, 0.29) is 0 Å². The normalized spacial score (nSPS) is 9.82. The van der Waals surface area contributed by atoms with Crippen molar-refractivity contribution < 1.29 is 47.7 Å². The van der Waals surface area contributed by atoms with Crippen molar-refractivity contribution in [2.45, 2.75) is 0 Å². The molecule has 3 aromatic carbocycles. The first-order chi connectivity index (χ1) is 15.8. The SMILES string of the molecule is Nc1c(F)c(F)c(B(O)O)c(F)c1F.Nc1ccc(B(O)O)cc1.Nc1cccc(B(O)O)c1. The lowest BCUT2D eigenvalue weighted by molar-refractivity contribution is 0.409.